The monoisotopic (exact) mass is 423 g/mol. The molecule has 3 rings (SSSR count). The molecule has 0 aromatic heterocycles. The zero-order valence-electron chi connectivity index (χ0n) is 16.0. The summed E-state index contributed by atoms with van der Waals surface area (Å²) >= 11 is 0. The van der Waals surface area contributed by atoms with E-state index in [1.807, 2.05) is 37.3 Å². The molecule has 0 aliphatic carbocycles. The standard InChI is InChI=1S/C20H25N3O3S.ClH/c1-15-8-9-18(20(24)23-11-10-21-13-16(23)2)12-19(15)27(25,26)22-14-17-6-4-3-5-7-17;/h3-9,12,16,21-22H,10-11,13-14H2,1-2H3;1H/t16-;/m1./s1. The molecule has 1 heterocycles. The van der Waals surface area contributed by atoms with E-state index in [1.54, 1.807) is 24.0 Å². The van der Waals surface area contributed by atoms with Gasteiger partial charge in [-0.15, -0.1) is 12.4 Å². The van der Waals surface area contributed by atoms with Gasteiger partial charge < -0.3 is 10.2 Å². The molecular weight excluding hydrogens is 398 g/mol. The van der Waals surface area contributed by atoms with Crippen LogP contribution in [-0.2, 0) is 16.6 Å². The van der Waals surface area contributed by atoms with E-state index >= 15 is 0 Å². The average molecular weight is 424 g/mol. The second kappa shape index (κ2) is 9.52. The second-order valence-corrected chi connectivity index (χ2v) is 8.58. The number of nitrogens with one attached hydrogen (secondary N) is 2. The molecule has 0 unspecified atom stereocenters. The number of aryl methyl sites for hydroxylation is 1. The van der Waals surface area contributed by atoms with Gasteiger partial charge in [-0.05, 0) is 37.1 Å². The number of rotatable bonds is 5. The Kier molecular flexibility index (Phi) is 7.60. The van der Waals surface area contributed by atoms with Gasteiger partial charge >= 0.3 is 0 Å². The quantitative estimate of drug-likeness (QED) is 0.773. The number of hydrogen-bond donors (Lipinski definition) is 2. The highest BCUT2D eigenvalue weighted by Crippen LogP contribution is 2.20. The first-order valence-electron chi connectivity index (χ1n) is 9.04. The largest absolute Gasteiger partial charge is 0.333 e. The molecule has 0 radical (unpaired) electrons. The van der Waals surface area contributed by atoms with Crippen molar-refractivity contribution in [1.82, 2.24) is 14.9 Å². The number of piperazine rings is 1. The van der Waals surface area contributed by atoms with Crippen molar-refractivity contribution < 1.29 is 13.2 Å². The summed E-state index contributed by atoms with van der Waals surface area (Å²) < 4.78 is 28.2. The average Bonchev–Trinajstić information content (AvgIpc) is 2.67. The summed E-state index contributed by atoms with van der Waals surface area (Å²) in [5.41, 5.74) is 1.88. The lowest BCUT2D eigenvalue weighted by molar-refractivity contribution is 0.0655. The fourth-order valence-electron chi connectivity index (χ4n) is 3.18. The van der Waals surface area contributed by atoms with Crippen molar-refractivity contribution >= 4 is 28.3 Å². The third-order valence-electron chi connectivity index (χ3n) is 4.80. The number of hydrogen-bond acceptors (Lipinski definition) is 4. The van der Waals surface area contributed by atoms with Crippen molar-refractivity contribution in [1.29, 1.82) is 0 Å². The molecule has 0 saturated carbocycles. The first-order valence-corrected chi connectivity index (χ1v) is 10.5. The molecule has 0 spiro atoms. The van der Waals surface area contributed by atoms with Crippen LogP contribution < -0.4 is 10.0 Å². The minimum absolute atomic E-state index is 0. The number of amides is 1. The Hall–Kier alpha value is -1.93. The van der Waals surface area contributed by atoms with Crippen LogP contribution in [0.25, 0.3) is 0 Å². The van der Waals surface area contributed by atoms with E-state index in [1.165, 1.54) is 6.07 Å². The fraction of sp³-hybridized carbons (Fsp3) is 0.350. The Morgan fingerprint density at radius 2 is 1.93 bits per heavy atom. The van der Waals surface area contributed by atoms with Crippen LogP contribution in [0.5, 0.6) is 0 Å². The lowest BCUT2D eigenvalue weighted by atomic mass is 10.1. The summed E-state index contributed by atoms with van der Waals surface area (Å²) in [4.78, 5) is 14.8. The van der Waals surface area contributed by atoms with Gasteiger partial charge in [0, 0.05) is 37.8 Å². The normalized spacial score (nSPS) is 17.1. The maximum Gasteiger partial charge on any atom is 0.254 e. The summed E-state index contributed by atoms with van der Waals surface area (Å²) in [5.74, 6) is -0.136. The van der Waals surface area contributed by atoms with Crippen molar-refractivity contribution in [3.63, 3.8) is 0 Å². The van der Waals surface area contributed by atoms with Crippen molar-refractivity contribution in [3.05, 3.63) is 65.2 Å². The fourth-order valence-corrected chi connectivity index (χ4v) is 4.47. The van der Waals surface area contributed by atoms with E-state index in [2.05, 4.69) is 10.0 Å². The third kappa shape index (κ3) is 5.11. The molecule has 152 valence electrons. The maximum absolute atomic E-state index is 12.9. The molecule has 2 N–H and O–H groups in total. The molecule has 28 heavy (non-hydrogen) atoms. The number of halogens is 1. The Morgan fingerprint density at radius 1 is 1.21 bits per heavy atom. The van der Waals surface area contributed by atoms with Crippen LogP contribution in [0.1, 0.15) is 28.4 Å². The molecule has 2 aromatic carbocycles. The van der Waals surface area contributed by atoms with Crippen LogP contribution in [0.4, 0.5) is 0 Å². The summed E-state index contributed by atoms with van der Waals surface area (Å²) in [6.45, 7) is 6.01. The summed E-state index contributed by atoms with van der Waals surface area (Å²) in [6, 6.07) is 14.3. The van der Waals surface area contributed by atoms with E-state index in [-0.39, 0.29) is 35.8 Å². The van der Waals surface area contributed by atoms with E-state index in [0.717, 1.165) is 18.7 Å². The third-order valence-corrected chi connectivity index (χ3v) is 6.34. The zero-order chi connectivity index (χ0) is 19.4. The van der Waals surface area contributed by atoms with Crippen molar-refractivity contribution in [2.45, 2.75) is 31.3 Å². The van der Waals surface area contributed by atoms with Crippen LogP contribution in [0, 0.1) is 6.92 Å². The predicted molar refractivity (Wildman–Crippen MR) is 112 cm³/mol. The highest BCUT2D eigenvalue weighted by atomic mass is 35.5. The van der Waals surface area contributed by atoms with Gasteiger partial charge in [0.15, 0.2) is 0 Å². The van der Waals surface area contributed by atoms with Gasteiger partial charge in [-0.2, -0.15) is 0 Å². The Balaban J connectivity index is 0.00000280. The van der Waals surface area contributed by atoms with E-state index in [4.69, 9.17) is 0 Å². The first kappa shape index (κ1) is 22.4. The summed E-state index contributed by atoms with van der Waals surface area (Å²) in [7, 11) is -3.72. The highest BCUT2D eigenvalue weighted by molar-refractivity contribution is 7.89. The zero-order valence-corrected chi connectivity index (χ0v) is 17.6. The highest BCUT2D eigenvalue weighted by Gasteiger charge is 2.26. The molecule has 2 aromatic rings. The lowest BCUT2D eigenvalue weighted by Crippen LogP contribution is -2.52. The smallest absolute Gasteiger partial charge is 0.254 e. The van der Waals surface area contributed by atoms with Gasteiger partial charge in [0.1, 0.15) is 0 Å². The molecule has 1 saturated heterocycles. The summed E-state index contributed by atoms with van der Waals surface area (Å²) in [5, 5.41) is 3.25. The van der Waals surface area contributed by atoms with E-state index in [9.17, 15) is 13.2 Å². The van der Waals surface area contributed by atoms with Crippen LogP contribution in [-0.4, -0.2) is 44.9 Å². The van der Waals surface area contributed by atoms with Crippen molar-refractivity contribution in [3.8, 4) is 0 Å². The summed E-state index contributed by atoms with van der Waals surface area (Å²) in [6.07, 6.45) is 0. The number of benzene rings is 2. The van der Waals surface area contributed by atoms with E-state index in [0.29, 0.717) is 17.7 Å². The number of carbonyl (C=O) groups excluding carboxylic acids is 1. The van der Waals surface area contributed by atoms with Crippen LogP contribution in [0.2, 0.25) is 0 Å². The molecule has 1 aliphatic heterocycles. The van der Waals surface area contributed by atoms with Gasteiger partial charge in [0.2, 0.25) is 10.0 Å². The van der Waals surface area contributed by atoms with Gasteiger partial charge in [0.25, 0.3) is 5.91 Å². The van der Waals surface area contributed by atoms with E-state index < -0.39 is 10.0 Å². The topological polar surface area (TPSA) is 78.5 Å². The van der Waals surface area contributed by atoms with Crippen molar-refractivity contribution in [2.75, 3.05) is 19.6 Å². The molecule has 1 fully saturated rings. The van der Waals surface area contributed by atoms with Crippen LogP contribution in [0.15, 0.2) is 53.4 Å². The van der Waals surface area contributed by atoms with Gasteiger partial charge in [-0.3, -0.25) is 4.79 Å². The van der Waals surface area contributed by atoms with Crippen LogP contribution >= 0.6 is 12.4 Å². The van der Waals surface area contributed by atoms with Gasteiger partial charge in [-0.25, -0.2) is 13.1 Å². The molecule has 1 aliphatic rings. The molecular formula is C20H26ClN3O3S. The van der Waals surface area contributed by atoms with Gasteiger partial charge in [-0.1, -0.05) is 36.4 Å². The Bertz CT molecular complexity index is 920. The number of sulfonamides is 1. The van der Waals surface area contributed by atoms with Crippen LogP contribution in [0.3, 0.4) is 0 Å². The Morgan fingerprint density at radius 3 is 2.61 bits per heavy atom. The lowest BCUT2D eigenvalue weighted by Gasteiger charge is -2.34. The minimum Gasteiger partial charge on any atom is -0.333 e. The molecule has 6 nitrogen and oxygen atoms in total. The Labute approximate surface area is 172 Å². The van der Waals surface area contributed by atoms with Gasteiger partial charge in [0.05, 0.1) is 4.90 Å². The number of carbonyl (C=O) groups is 1. The minimum atomic E-state index is -3.72. The molecule has 8 heteroatoms. The predicted octanol–water partition coefficient (Wildman–Crippen LogP) is 2.33. The first-order chi connectivity index (χ1) is 12.9. The molecule has 1 amide bonds. The molecule has 0 bridgehead atoms. The number of nitrogens with zero attached hydrogens (tertiary/aromatic N) is 1. The van der Waals surface area contributed by atoms with Crippen molar-refractivity contribution in [2.24, 2.45) is 0 Å². The second-order valence-electron chi connectivity index (χ2n) is 6.84. The SMILES string of the molecule is Cc1ccc(C(=O)N2CCNC[C@H]2C)cc1S(=O)(=O)NCc1ccccc1.Cl. The molecule has 1 atom stereocenters. The maximum atomic E-state index is 12.9.